The quantitative estimate of drug-likeness (QED) is 0.471. The first-order chi connectivity index (χ1) is 8.02. The lowest BCUT2D eigenvalue weighted by Gasteiger charge is -2.11. The van der Waals surface area contributed by atoms with Crippen molar-refractivity contribution in [2.75, 3.05) is 26.5 Å². The molecule has 0 aromatic heterocycles. The summed E-state index contributed by atoms with van der Waals surface area (Å²) in [5, 5.41) is 3.28. The van der Waals surface area contributed by atoms with Crippen molar-refractivity contribution in [3.63, 3.8) is 0 Å². The molecule has 0 bridgehead atoms. The van der Waals surface area contributed by atoms with Gasteiger partial charge in [0.15, 0.2) is 5.96 Å². The maximum Gasteiger partial charge on any atom is 0.200 e. The molecule has 0 saturated heterocycles. The molecule has 0 unspecified atom stereocenters. The number of benzene rings is 1. The molecule has 0 radical (unpaired) electrons. The molecular formula is C11H16N4OS. The summed E-state index contributed by atoms with van der Waals surface area (Å²) >= 11 is 5.06. The fourth-order valence-corrected chi connectivity index (χ4v) is 1.24. The number of rotatable bonds is 2. The highest BCUT2D eigenvalue weighted by atomic mass is 32.1. The third-order valence-corrected chi connectivity index (χ3v) is 2.21. The Morgan fingerprint density at radius 1 is 1.35 bits per heavy atom. The largest absolute Gasteiger partial charge is 0.497 e. The lowest BCUT2D eigenvalue weighted by atomic mass is 10.3. The number of anilines is 1. The van der Waals surface area contributed by atoms with Gasteiger partial charge in [0.25, 0.3) is 0 Å². The average Bonchev–Trinajstić information content (AvgIpc) is 2.29. The second-order valence-electron chi connectivity index (χ2n) is 3.52. The first-order valence-electron chi connectivity index (χ1n) is 4.99. The van der Waals surface area contributed by atoms with Gasteiger partial charge in [0.2, 0.25) is 5.11 Å². The Balaban J connectivity index is 2.65. The summed E-state index contributed by atoms with van der Waals surface area (Å²) in [5.41, 5.74) is 6.48. The van der Waals surface area contributed by atoms with Crippen LogP contribution in [-0.2, 0) is 0 Å². The van der Waals surface area contributed by atoms with Crippen LogP contribution < -0.4 is 15.8 Å². The van der Waals surface area contributed by atoms with E-state index in [1.54, 1.807) is 26.1 Å². The smallest absolute Gasteiger partial charge is 0.200 e. The van der Waals surface area contributed by atoms with Gasteiger partial charge in [-0.15, -0.1) is 0 Å². The molecule has 1 aromatic rings. The first-order valence-corrected chi connectivity index (χ1v) is 5.40. The molecule has 0 saturated carbocycles. The van der Waals surface area contributed by atoms with E-state index in [4.69, 9.17) is 22.7 Å². The van der Waals surface area contributed by atoms with Crippen molar-refractivity contribution < 1.29 is 4.74 Å². The fraction of sp³-hybridized carbons (Fsp3) is 0.273. The number of nitrogens with two attached hydrogens (primary N) is 1. The summed E-state index contributed by atoms with van der Waals surface area (Å²) in [4.78, 5) is 5.71. The van der Waals surface area contributed by atoms with E-state index in [9.17, 15) is 0 Å². The van der Waals surface area contributed by atoms with Crippen molar-refractivity contribution in [2.24, 2.45) is 10.7 Å². The molecule has 0 atom stereocenters. The summed E-state index contributed by atoms with van der Waals surface area (Å²) in [6.07, 6.45) is 0. The highest BCUT2D eigenvalue weighted by Gasteiger charge is 1.99. The van der Waals surface area contributed by atoms with E-state index in [1.165, 1.54) is 0 Å². The number of thiocarbonyl (C=S) groups is 1. The number of nitrogens with zero attached hydrogens (tertiary/aromatic N) is 2. The standard InChI is InChI=1S/C11H16N4OS/c1-15(2)10(12)14-11(17)13-8-4-6-9(16-3)7-5-8/h4-7H,1-3H3,(H3,12,13,14,17). The van der Waals surface area contributed by atoms with E-state index >= 15 is 0 Å². The van der Waals surface area contributed by atoms with Crippen LogP contribution >= 0.6 is 12.2 Å². The van der Waals surface area contributed by atoms with Crippen LogP contribution in [0.4, 0.5) is 5.69 Å². The highest BCUT2D eigenvalue weighted by molar-refractivity contribution is 7.80. The van der Waals surface area contributed by atoms with Gasteiger partial charge in [-0.05, 0) is 36.5 Å². The molecule has 0 aliphatic heterocycles. The molecule has 92 valence electrons. The molecule has 5 nitrogen and oxygen atoms in total. The molecule has 6 heteroatoms. The van der Waals surface area contributed by atoms with Gasteiger partial charge in [-0.2, -0.15) is 4.99 Å². The van der Waals surface area contributed by atoms with Crippen molar-refractivity contribution in [3.8, 4) is 5.75 Å². The predicted molar refractivity (Wildman–Crippen MR) is 74.5 cm³/mol. The number of hydrogen-bond acceptors (Lipinski definition) is 2. The van der Waals surface area contributed by atoms with Crippen LogP contribution in [0.1, 0.15) is 0 Å². The number of aliphatic imine (C=N–C) groups is 1. The zero-order valence-corrected chi connectivity index (χ0v) is 10.9. The lowest BCUT2D eigenvalue weighted by Crippen LogP contribution is -2.31. The summed E-state index contributed by atoms with van der Waals surface area (Å²) in [7, 11) is 5.22. The minimum absolute atomic E-state index is 0.321. The molecule has 3 N–H and O–H groups in total. The second-order valence-corrected chi connectivity index (χ2v) is 3.91. The van der Waals surface area contributed by atoms with Crippen LogP contribution in [0.25, 0.3) is 0 Å². The van der Waals surface area contributed by atoms with E-state index in [-0.39, 0.29) is 0 Å². The summed E-state index contributed by atoms with van der Waals surface area (Å²) in [6.45, 7) is 0. The van der Waals surface area contributed by atoms with E-state index in [0.29, 0.717) is 11.1 Å². The molecule has 0 fully saturated rings. The van der Waals surface area contributed by atoms with Crippen molar-refractivity contribution in [1.82, 2.24) is 4.90 Å². The average molecular weight is 252 g/mol. The minimum atomic E-state index is 0.321. The SMILES string of the molecule is COc1ccc(NC(=S)/N=C(\N)N(C)C)cc1. The Bertz CT molecular complexity index is 414. The van der Waals surface area contributed by atoms with Gasteiger partial charge in [0.1, 0.15) is 5.75 Å². The Kier molecular flexibility index (Phi) is 4.71. The molecular weight excluding hydrogens is 236 g/mol. The van der Waals surface area contributed by atoms with E-state index in [2.05, 4.69) is 10.3 Å². The maximum absolute atomic E-state index is 5.65. The van der Waals surface area contributed by atoms with Crippen LogP contribution in [0.15, 0.2) is 29.3 Å². The van der Waals surface area contributed by atoms with Crippen molar-refractivity contribution in [1.29, 1.82) is 0 Å². The topological polar surface area (TPSA) is 62.9 Å². The molecule has 17 heavy (non-hydrogen) atoms. The third kappa shape index (κ3) is 4.28. The highest BCUT2D eigenvalue weighted by Crippen LogP contribution is 2.15. The monoisotopic (exact) mass is 252 g/mol. The van der Waals surface area contributed by atoms with Gasteiger partial charge in [0, 0.05) is 19.8 Å². The van der Waals surface area contributed by atoms with Gasteiger partial charge in [-0.25, -0.2) is 0 Å². The molecule has 0 aliphatic carbocycles. The van der Waals surface area contributed by atoms with Crippen LogP contribution in [-0.4, -0.2) is 37.2 Å². The Hall–Kier alpha value is -1.82. The molecule has 0 aliphatic rings. The molecule has 0 amide bonds. The van der Waals surface area contributed by atoms with Crippen molar-refractivity contribution in [2.45, 2.75) is 0 Å². The van der Waals surface area contributed by atoms with Crippen molar-refractivity contribution in [3.05, 3.63) is 24.3 Å². The fourth-order valence-electron chi connectivity index (χ4n) is 1.03. The number of hydrogen-bond donors (Lipinski definition) is 2. The van der Waals surface area contributed by atoms with Crippen LogP contribution in [0.2, 0.25) is 0 Å². The van der Waals surface area contributed by atoms with Crippen molar-refractivity contribution >= 4 is 29.0 Å². The summed E-state index contributed by atoms with van der Waals surface area (Å²) in [5.74, 6) is 1.15. The minimum Gasteiger partial charge on any atom is -0.497 e. The molecule has 0 heterocycles. The zero-order chi connectivity index (χ0) is 12.8. The van der Waals surface area contributed by atoms with Crippen LogP contribution in [0.3, 0.4) is 0 Å². The number of ether oxygens (including phenoxy) is 1. The predicted octanol–water partition coefficient (Wildman–Crippen LogP) is 1.27. The normalized spacial score (nSPS) is 10.9. The third-order valence-electron chi connectivity index (χ3n) is 2.02. The van der Waals surface area contributed by atoms with Gasteiger partial charge >= 0.3 is 0 Å². The van der Waals surface area contributed by atoms with E-state index in [0.717, 1.165) is 11.4 Å². The second kappa shape index (κ2) is 6.05. The Labute approximate surface area is 106 Å². The zero-order valence-electron chi connectivity index (χ0n) is 10.1. The van der Waals surface area contributed by atoms with Gasteiger partial charge < -0.3 is 20.7 Å². The van der Waals surface area contributed by atoms with Crippen LogP contribution in [0, 0.1) is 0 Å². The van der Waals surface area contributed by atoms with Gasteiger partial charge in [-0.1, -0.05) is 0 Å². The van der Waals surface area contributed by atoms with Gasteiger partial charge in [-0.3, -0.25) is 0 Å². The van der Waals surface area contributed by atoms with Gasteiger partial charge in [0.05, 0.1) is 7.11 Å². The first kappa shape index (κ1) is 13.2. The van der Waals surface area contributed by atoms with E-state index in [1.807, 2.05) is 24.3 Å². The molecule has 1 rings (SSSR count). The number of nitrogens with one attached hydrogen (secondary N) is 1. The summed E-state index contributed by atoms with van der Waals surface area (Å²) < 4.78 is 5.06. The summed E-state index contributed by atoms with van der Waals surface area (Å²) in [6, 6.07) is 7.38. The maximum atomic E-state index is 5.65. The van der Waals surface area contributed by atoms with Crippen LogP contribution in [0.5, 0.6) is 5.75 Å². The molecule has 0 spiro atoms. The molecule has 1 aromatic carbocycles. The Morgan fingerprint density at radius 2 is 1.94 bits per heavy atom. The Morgan fingerprint density at radius 3 is 2.41 bits per heavy atom. The van der Waals surface area contributed by atoms with E-state index < -0.39 is 0 Å². The number of guanidine groups is 1. The number of methoxy groups -OCH3 is 1. The lowest BCUT2D eigenvalue weighted by molar-refractivity contribution is 0.415.